The van der Waals surface area contributed by atoms with Gasteiger partial charge in [0.15, 0.2) is 0 Å². The number of nitrogens with two attached hydrogens (primary N) is 1. The summed E-state index contributed by atoms with van der Waals surface area (Å²) in [6, 6.07) is 22.7. The highest BCUT2D eigenvalue weighted by Crippen LogP contribution is 2.33. The third kappa shape index (κ3) is 4.01. The number of imidazole rings is 1. The third-order valence-corrected chi connectivity index (χ3v) is 6.05. The van der Waals surface area contributed by atoms with Crippen molar-refractivity contribution in [2.45, 2.75) is 13.5 Å². The number of aromatic nitrogens is 2. The van der Waals surface area contributed by atoms with Crippen LogP contribution in [0.25, 0.3) is 16.9 Å². The number of piperazine rings is 1. The molecule has 0 atom stereocenters. The van der Waals surface area contributed by atoms with Gasteiger partial charge in [-0.15, -0.1) is 0 Å². The molecule has 1 aliphatic rings. The van der Waals surface area contributed by atoms with Crippen molar-refractivity contribution in [3.8, 4) is 17.0 Å². The average molecular weight is 428 g/mol. The Hall–Kier alpha value is -3.51. The quantitative estimate of drug-likeness (QED) is 0.497. The molecule has 0 bridgehead atoms. The first kappa shape index (κ1) is 20.4. The van der Waals surface area contributed by atoms with E-state index in [0.717, 1.165) is 66.8 Å². The zero-order valence-electron chi connectivity index (χ0n) is 18.4. The SMILES string of the molecule is CCOc1ccccc1-c1nc2ccc(N)cn2c1CN1CCN(c2ccccc2)CC1. The zero-order chi connectivity index (χ0) is 21.9. The summed E-state index contributed by atoms with van der Waals surface area (Å²) >= 11 is 0. The Morgan fingerprint density at radius 3 is 2.44 bits per heavy atom. The summed E-state index contributed by atoms with van der Waals surface area (Å²) in [5.74, 6) is 0.863. The highest BCUT2D eigenvalue weighted by molar-refractivity contribution is 5.72. The van der Waals surface area contributed by atoms with Crippen LogP contribution in [0.1, 0.15) is 12.6 Å². The van der Waals surface area contributed by atoms with E-state index < -0.39 is 0 Å². The van der Waals surface area contributed by atoms with Crippen molar-refractivity contribution in [1.29, 1.82) is 0 Å². The molecule has 32 heavy (non-hydrogen) atoms. The fourth-order valence-corrected chi connectivity index (χ4v) is 4.43. The Morgan fingerprint density at radius 1 is 0.906 bits per heavy atom. The van der Waals surface area contributed by atoms with Gasteiger partial charge in [0.25, 0.3) is 0 Å². The fraction of sp³-hybridized carbons (Fsp3) is 0.269. The first-order valence-electron chi connectivity index (χ1n) is 11.2. The Balaban J connectivity index is 1.46. The highest BCUT2D eigenvalue weighted by atomic mass is 16.5. The van der Waals surface area contributed by atoms with Crippen molar-refractivity contribution in [2.24, 2.45) is 0 Å². The molecule has 164 valence electrons. The number of benzene rings is 2. The normalized spacial score (nSPS) is 14.7. The van der Waals surface area contributed by atoms with E-state index in [0.29, 0.717) is 6.61 Å². The lowest BCUT2D eigenvalue weighted by Gasteiger charge is -2.36. The molecule has 2 aromatic carbocycles. The van der Waals surface area contributed by atoms with E-state index in [1.807, 2.05) is 43.5 Å². The molecule has 4 aromatic rings. The smallest absolute Gasteiger partial charge is 0.137 e. The van der Waals surface area contributed by atoms with Crippen LogP contribution >= 0.6 is 0 Å². The van der Waals surface area contributed by atoms with E-state index in [1.54, 1.807) is 0 Å². The van der Waals surface area contributed by atoms with Gasteiger partial charge in [-0.3, -0.25) is 4.90 Å². The van der Waals surface area contributed by atoms with Crippen molar-refractivity contribution in [3.63, 3.8) is 0 Å². The molecule has 0 saturated carbocycles. The predicted molar refractivity (Wildman–Crippen MR) is 130 cm³/mol. The monoisotopic (exact) mass is 427 g/mol. The van der Waals surface area contributed by atoms with Crippen LogP contribution in [-0.4, -0.2) is 47.1 Å². The Morgan fingerprint density at radius 2 is 1.66 bits per heavy atom. The molecule has 0 spiro atoms. The van der Waals surface area contributed by atoms with Crippen molar-refractivity contribution in [2.75, 3.05) is 43.4 Å². The topological polar surface area (TPSA) is 59.0 Å². The lowest BCUT2D eigenvalue weighted by molar-refractivity contribution is 0.247. The molecule has 6 nitrogen and oxygen atoms in total. The second-order valence-corrected chi connectivity index (χ2v) is 8.13. The Kier molecular flexibility index (Phi) is 5.69. The highest BCUT2D eigenvalue weighted by Gasteiger charge is 2.23. The molecule has 2 N–H and O–H groups in total. The number of fused-ring (bicyclic) bond motifs is 1. The van der Waals surface area contributed by atoms with Gasteiger partial charge < -0.3 is 19.8 Å². The Bertz CT molecular complexity index is 1200. The molecular formula is C26H29N5O. The second-order valence-electron chi connectivity index (χ2n) is 8.13. The maximum atomic E-state index is 6.14. The number of hydrogen-bond acceptors (Lipinski definition) is 5. The van der Waals surface area contributed by atoms with Crippen LogP contribution in [0.4, 0.5) is 11.4 Å². The number of rotatable bonds is 6. The molecule has 1 fully saturated rings. The van der Waals surface area contributed by atoms with E-state index in [-0.39, 0.29) is 0 Å². The van der Waals surface area contributed by atoms with E-state index in [4.69, 9.17) is 15.5 Å². The Labute approximate surface area is 188 Å². The van der Waals surface area contributed by atoms with Crippen LogP contribution in [0.15, 0.2) is 72.9 Å². The maximum Gasteiger partial charge on any atom is 0.137 e. The number of nitrogen functional groups attached to an aromatic ring is 1. The van der Waals surface area contributed by atoms with Gasteiger partial charge in [0.2, 0.25) is 0 Å². The van der Waals surface area contributed by atoms with E-state index in [9.17, 15) is 0 Å². The largest absolute Gasteiger partial charge is 0.493 e. The maximum absolute atomic E-state index is 6.14. The number of pyridine rings is 1. The first-order chi connectivity index (χ1) is 15.7. The van der Waals surface area contributed by atoms with Gasteiger partial charge in [-0.05, 0) is 43.3 Å². The van der Waals surface area contributed by atoms with Crippen LogP contribution in [0.5, 0.6) is 5.75 Å². The molecule has 0 radical (unpaired) electrons. The van der Waals surface area contributed by atoms with Gasteiger partial charge in [-0.25, -0.2) is 4.98 Å². The van der Waals surface area contributed by atoms with Crippen LogP contribution in [-0.2, 0) is 6.54 Å². The minimum absolute atomic E-state index is 0.619. The third-order valence-electron chi connectivity index (χ3n) is 6.05. The van der Waals surface area contributed by atoms with E-state index >= 15 is 0 Å². The van der Waals surface area contributed by atoms with E-state index in [2.05, 4.69) is 50.6 Å². The number of hydrogen-bond donors (Lipinski definition) is 1. The van der Waals surface area contributed by atoms with Gasteiger partial charge in [-0.2, -0.15) is 0 Å². The molecule has 0 amide bonds. The van der Waals surface area contributed by atoms with Gasteiger partial charge >= 0.3 is 0 Å². The lowest BCUT2D eigenvalue weighted by Crippen LogP contribution is -2.46. The zero-order valence-corrected chi connectivity index (χ0v) is 18.4. The van der Waals surface area contributed by atoms with Crippen molar-refractivity contribution < 1.29 is 4.74 Å². The summed E-state index contributed by atoms with van der Waals surface area (Å²) < 4.78 is 8.06. The minimum atomic E-state index is 0.619. The number of ether oxygens (including phenoxy) is 1. The standard InChI is InChI=1S/C26H29N5O/c1-2-32-24-11-7-6-10-22(24)26-23(31-18-20(27)12-13-25(31)28-26)19-29-14-16-30(17-15-29)21-8-4-3-5-9-21/h3-13,18H,2,14-17,19,27H2,1H3. The van der Waals surface area contributed by atoms with Crippen molar-refractivity contribution in [3.05, 3.63) is 78.6 Å². The van der Waals surface area contributed by atoms with Gasteiger partial charge in [-0.1, -0.05) is 30.3 Å². The van der Waals surface area contributed by atoms with Gasteiger partial charge in [0.1, 0.15) is 11.4 Å². The summed E-state index contributed by atoms with van der Waals surface area (Å²) in [6.45, 7) is 7.45. The molecule has 1 saturated heterocycles. The lowest BCUT2D eigenvalue weighted by atomic mass is 10.1. The van der Waals surface area contributed by atoms with Crippen molar-refractivity contribution in [1.82, 2.24) is 14.3 Å². The molecule has 6 heteroatoms. The predicted octanol–water partition coefficient (Wildman–Crippen LogP) is 4.30. The number of anilines is 2. The molecular weight excluding hydrogens is 398 g/mol. The molecule has 3 heterocycles. The molecule has 0 aliphatic carbocycles. The van der Waals surface area contributed by atoms with Gasteiger partial charge in [0, 0.05) is 55.9 Å². The van der Waals surface area contributed by atoms with Gasteiger partial charge in [0.05, 0.1) is 18.0 Å². The van der Waals surface area contributed by atoms with Crippen LogP contribution in [0, 0.1) is 0 Å². The summed E-state index contributed by atoms with van der Waals surface area (Å²) in [4.78, 5) is 9.94. The van der Waals surface area contributed by atoms with E-state index in [1.165, 1.54) is 5.69 Å². The summed E-state index contributed by atoms with van der Waals surface area (Å²) in [5, 5.41) is 0. The summed E-state index contributed by atoms with van der Waals surface area (Å²) in [5.41, 5.74) is 12.2. The van der Waals surface area contributed by atoms with Crippen LogP contribution < -0.4 is 15.4 Å². The number of para-hydroxylation sites is 2. The molecule has 5 rings (SSSR count). The fourth-order valence-electron chi connectivity index (χ4n) is 4.43. The first-order valence-corrected chi connectivity index (χ1v) is 11.2. The van der Waals surface area contributed by atoms with Crippen LogP contribution in [0.2, 0.25) is 0 Å². The van der Waals surface area contributed by atoms with Crippen LogP contribution in [0.3, 0.4) is 0 Å². The minimum Gasteiger partial charge on any atom is -0.493 e. The second kappa shape index (κ2) is 8.93. The summed E-state index contributed by atoms with van der Waals surface area (Å²) in [7, 11) is 0. The average Bonchev–Trinajstić information content (AvgIpc) is 3.18. The summed E-state index contributed by atoms with van der Waals surface area (Å²) in [6.07, 6.45) is 1.98. The molecule has 1 aliphatic heterocycles. The van der Waals surface area contributed by atoms with Crippen molar-refractivity contribution >= 4 is 17.0 Å². The molecule has 0 unspecified atom stereocenters. The molecule has 2 aromatic heterocycles. The number of nitrogens with zero attached hydrogens (tertiary/aromatic N) is 4.